The van der Waals surface area contributed by atoms with Crippen molar-refractivity contribution in [3.8, 4) is 5.75 Å². The third-order valence-electron chi connectivity index (χ3n) is 3.55. The van der Waals surface area contributed by atoms with Gasteiger partial charge in [0.15, 0.2) is 15.5 Å². The molecule has 0 spiro atoms. The molecule has 26 heavy (non-hydrogen) atoms. The van der Waals surface area contributed by atoms with E-state index in [1.54, 1.807) is 6.92 Å². The van der Waals surface area contributed by atoms with E-state index in [4.69, 9.17) is 4.74 Å². The van der Waals surface area contributed by atoms with Crippen LogP contribution in [0.2, 0.25) is 0 Å². The highest BCUT2D eigenvalue weighted by molar-refractivity contribution is 7.91. The second-order valence-electron chi connectivity index (χ2n) is 5.30. The van der Waals surface area contributed by atoms with Crippen LogP contribution in [0.3, 0.4) is 0 Å². The molecular formula is C16H19N3O6S. The monoisotopic (exact) mass is 381 g/mol. The number of anilines is 1. The number of hydrogen-bond donors (Lipinski definition) is 2. The number of phenolic OH excluding ortho intramolecular Hbond substituents is 1. The topological polar surface area (TPSA) is 128 Å². The van der Waals surface area contributed by atoms with Gasteiger partial charge in [0.2, 0.25) is 0 Å². The first-order chi connectivity index (χ1) is 12.2. The van der Waals surface area contributed by atoms with Gasteiger partial charge in [-0.25, -0.2) is 13.2 Å². The number of benzene rings is 1. The van der Waals surface area contributed by atoms with Gasteiger partial charge in [-0.2, -0.15) is 5.10 Å². The second kappa shape index (κ2) is 7.56. The molecule has 9 nitrogen and oxygen atoms in total. The van der Waals surface area contributed by atoms with E-state index in [1.165, 1.54) is 42.9 Å². The summed E-state index contributed by atoms with van der Waals surface area (Å²) in [5.74, 6) is -1.75. The van der Waals surface area contributed by atoms with Gasteiger partial charge < -0.3 is 15.2 Å². The molecule has 2 N–H and O–H groups in total. The summed E-state index contributed by atoms with van der Waals surface area (Å²) in [6.07, 6.45) is 0. The summed E-state index contributed by atoms with van der Waals surface area (Å²) in [7, 11) is -2.02. The number of sulfone groups is 1. The molecule has 2 rings (SSSR count). The number of ether oxygens (including phenoxy) is 1. The summed E-state index contributed by atoms with van der Waals surface area (Å²) < 4.78 is 30.0. The molecule has 0 radical (unpaired) electrons. The number of nitrogens with one attached hydrogen (secondary N) is 1. The minimum Gasteiger partial charge on any atom is -0.506 e. The van der Waals surface area contributed by atoms with Crippen LogP contribution in [0.5, 0.6) is 5.75 Å². The van der Waals surface area contributed by atoms with Gasteiger partial charge in [-0.3, -0.25) is 9.48 Å². The molecule has 1 heterocycles. The first-order valence-electron chi connectivity index (χ1n) is 7.77. The van der Waals surface area contributed by atoms with E-state index in [-0.39, 0.29) is 40.1 Å². The zero-order valence-electron chi connectivity index (χ0n) is 14.5. The Bertz CT molecular complexity index is 949. The Morgan fingerprint density at radius 2 is 1.96 bits per heavy atom. The average molecular weight is 381 g/mol. The third-order valence-corrected chi connectivity index (χ3v) is 5.28. The van der Waals surface area contributed by atoms with E-state index in [1.807, 2.05) is 0 Å². The maximum Gasteiger partial charge on any atom is 0.356 e. The maximum atomic E-state index is 12.3. The Morgan fingerprint density at radius 3 is 2.58 bits per heavy atom. The molecule has 0 fully saturated rings. The van der Waals surface area contributed by atoms with Crippen molar-refractivity contribution in [2.24, 2.45) is 7.05 Å². The molecule has 0 saturated carbocycles. The number of rotatable bonds is 6. The standard InChI is InChI=1S/C16H19N3O6S/c1-4-25-16(22)13-9-12(18-19(13)3)15(21)17-11-8-10(6-7-14(11)20)26(23,24)5-2/h6-9,20H,4-5H2,1-3H3,(H,17,21). The molecule has 0 unspecified atom stereocenters. The summed E-state index contributed by atoms with van der Waals surface area (Å²) >= 11 is 0. The van der Waals surface area contributed by atoms with Crippen molar-refractivity contribution in [2.45, 2.75) is 18.7 Å². The van der Waals surface area contributed by atoms with Gasteiger partial charge in [-0.15, -0.1) is 0 Å². The van der Waals surface area contributed by atoms with Crippen molar-refractivity contribution in [2.75, 3.05) is 17.7 Å². The lowest BCUT2D eigenvalue weighted by molar-refractivity contribution is 0.0513. The van der Waals surface area contributed by atoms with E-state index in [2.05, 4.69) is 10.4 Å². The molecule has 0 aliphatic heterocycles. The number of aromatic nitrogens is 2. The van der Waals surface area contributed by atoms with Gasteiger partial charge in [0.05, 0.1) is 22.9 Å². The maximum absolute atomic E-state index is 12.3. The normalized spacial score (nSPS) is 11.2. The fraction of sp³-hybridized carbons (Fsp3) is 0.312. The van der Waals surface area contributed by atoms with Crippen LogP contribution in [0.15, 0.2) is 29.2 Å². The van der Waals surface area contributed by atoms with Crippen LogP contribution < -0.4 is 5.32 Å². The number of hydrogen-bond acceptors (Lipinski definition) is 7. The average Bonchev–Trinajstić information content (AvgIpc) is 2.99. The highest BCUT2D eigenvalue weighted by Crippen LogP contribution is 2.27. The number of nitrogens with zero attached hydrogens (tertiary/aromatic N) is 2. The Hall–Kier alpha value is -2.88. The predicted octanol–water partition coefficient (Wildman–Crippen LogP) is 1.35. The number of phenols is 1. The summed E-state index contributed by atoms with van der Waals surface area (Å²) in [5, 5.41) is 16.2. The Labute approximate surface area is 150 Å². The van der Waals surface area contributed by atoms with E-state index in [9.17, 15) is 23.1 Å². The quantitative estimate of drug-likeness (QED) is 0.571. The predicted molar refractivity (Wildman–Crippen MR) is 93.0 cm³/mol. The SMILES string of the molecule is CCOC(=O)c1cc(C(=O)Nc2cc(S(=O)(=O)CC)ccc2O)nn1C. The molecule has 1 amide bonds. The number of carbonyl (C=O) groups excluding carboxylic acids is 2. The molecule has 10 heteroatoms. The minimum absolute atomic E-state index is 0.0265. The van der Waals surface area contributed by atoms with Gasteiger partial charge in [0.1, 0.15) is 11.4 Å². The Balaban J connectivity index is 2.29. The van der Waals surface area contributed by atoms with Crippen molar-refractivity contribution in [3.05, 3.63) is 35.7 Å². The molecule has 0 aliphatic rings. The highest BCUT2D eigenvalue weighted by atomic mass is 32.2. The van der Waals surface area contributed by atoms with Crippen LogP contribution in [0.1, 0.15) is 34.8 Å². The first kappa shape index (κ1) is 19.4. The molecule has 0 bridgehead atoms. The highest BCUT2D eigenvalue weighted by Gasteiger charge is 2.20. The lowest BCUT2D eigenvalue weighted by atomic mass is 10.2. The van der Waals surface area contributed by atoms with E-state index in [0.29, 0.717) is 0 Å². The van der Waals surface area contributed by atoms with Gasteiger partial charge in [-0.1, -0.05) is 6.92 Å². The van der Waals surface area contributed by atoms with E-state index < -0.39 is 21.7 Å². The third kappa shape index (κ3) is 4.02. The van der Waals surface area contributed by atoms with Crippen LogP contribution in [0.4, 0.5) is 5.69 Å². The van der Waals surface area contributed by atoms with Crippen LogP contribution in [-0.4, -0.2) is 47.5 Å². The van der Waals surface area contributed by atoms with Crippen molar-refractivity contribution in [1.82, 2.24) is 9.78 Å². The lowest BCUT2D eigenvalue weighted by Gasteiger charge is -2.08. The second-order valence-corrected chi connectivity index (χ2v) is 7.57. The van der Waals surface area contributed by atoms with Crippen molar-refractivity contribution >= 4 is 27.4 Å². The molecule has 1 aromatic carbocycles. The Kier molecular flexibility index (Phi) is 5.66. The van der Waals surface area contributed by atoms with Gasteiger partial charge in [0, 0.05) is 13.1 Å². The number of aryl methyl sites for hydroxylation is 1. The van der Waals surface area contributed by atoms with Crippen molar-refractivity contribution in [1.29, 1.82) is 0 Å². The lowest BCUT2D eigenvalue weighted by Crippen LogP contribution is -2.14. The fourth-order valence-corrected chi connectivity index (χ4v) is 3.04. The fourth-order valence-electron chi connectivity index (χ4n) is 2.14. The summed E-state index contributed by atoms with van der Waals surface area (Å²) in [5.41, 5.74) is -0.0740. The number of amides is 1. The van der Waals surface area contributed by atoms with Crippen molar-refractivity contribution < 1.29 is 27.9 Å². The Morgan fingerprint density at radius 1 is 1.27 bits per heavy atom. The zero-order valence-corrected chi connectivity index (χ0v) is 15.3. The van der Waals surface area contributed by atoms with Crippen LogP contribution in [-0.2, 0) is 21.6 Å². The largest absolute Gasteiger partial charge is 0.506 e. The van der Waals surface area contributed by atoms with Gasteiger partial charge >= 0.3 is 5.97 Å². The van der Waals surface area contributed by atoms with E-state index >= 15 is 0 Å². The summed E-state index contributed by atoms with van der Waals surface area (Å²) in [4.78, 5) is 24.1. The summed E-state index contributed by atoms with van der Waals surface area (Å²) in [6.45, 7) is 3.32. The smallest absolute Gasteiger partial charge is 0.356 e. The van der Waals surface area contributed by atoms with Gasteiger partial charge in [0.25, 0.3) is 5.91 Å². The van der Waals surface area contributed by atoms with E-state index in [0.717, 1.165) is 0 Å². The molecule has 0 atom stereocenters. The van der Waals surface area contributed by atoms with Crippen LogP contribution in [0.25, 0.3) is 0 Å². The van der Waals surface area contributed by atoms with Crippen LogP contribution >= 0.6 is 0 Å². The van der Waals surface area contributed by atoms with Crippen LogP contribution in [0, 0.1) is 0 Å². The molecule has 2 aromatic rings. The molecule has 140 valence electrons. The van der Waals surface area contributed by atoms with Gasteiger partial charge in [-0.05, 0) is 25.1 Å². The zero-order chi connectivity index (χ0) is 19.5. The molecule has 0 aliphatic carbocycles. The molecule has 1 aromatic heterocycles. The number of aromatic hydroxyl groups is 1. The minimum atomic E-state index is -3.50. The molecular weight excluding hydrogens is 362 g/mol. The number of carbonyl (C=O) groups is 2. The summed E-state index contributed by atoms with van der Waals surface area (Å²) in [6, 6.07) is 4.85. The first-order valence-corrected chi connectivity index (χ1v) is 9.43. The van der Waals surface area contributed by atoms with Crippen molar-refractivity contribution in [3.63, 3.8) is 0 Å². The molecule has 0 saturated heterocycles. The number of esters is 1.